The Morgan fingerprint density at radius 2 is 1.87 bits per heavy atom. The molecule has 3 rings (SSSR count). The topological polar surface area (TPSA) is 69.2 Å². The molecule has 0 bridgehead atoms. The fourth-order valence-electron chi connectivity index (χ4n) is 2.69. The number of furan rings is 1. The van der Waals surface area contributed by atoms with E-state index in [4.69, 9.17) is 4.42 Å². The van der Waals surface area contributed by atoms with Crippen LogP contribution in [-0.4, -0.2) is 15.0 Å². The number of fused-ring (bicyclic) bond motifs is 1. The number of aromatic nitrogens is 2. The van der Waals surface area contributed by atoms with Gasteiger partial charge < -0.3 is 9.73 Å². The maximum Gasteiger partial charge on any atom is 0.329 e. The van der Waals surface area contributed by atoms with E-state index in [0.29, 0.717) is 25.4 Å². The highest BCUT2D eigenvalue weighted by Gasteiger charge is 2.12. The van der Waals surface area contributed by atoms with Gasteiger partial charge in [0.15, 0.2) is 0 Å². The van der Waals surface area contributed by atoms with Crippen LogP contribution in [0.25, 0.3) is 11.0 Å². The number of nitrogens with zero attached hydrogens (tertiary/aromatic N) is 2. The molecule has 0 atom stereocenters. The molecular formula is C17H19N3O3. The van der Waals surface area contributed by atoms with E-state index in [1.165, 1.54) is 0 Å². The number of carbonyl (C=O) groups excluding carboxylic acids is 1. The molecule has 120 valence electrons. The van der Waals surface area contributed by atoms with Crippen molar-refractivity contribution in [1.29, 1.82) is 0 Å². The van der Waals surface area contributed by atoms with Gasteiger partial charge in [0.05, 0.1) is 23.8 Å². The lowest BCUT2D eigenvalue weighted by Gasteiger charge is -2.05. The van der Waals surface area contributed by atoms with Crippen LogP contribution in [0.1, 0.15) is 19.1 Å². The molecule has 2 aromatic heterocycles. The van der Waals surface area contributed by atoms with Crippen LogP contribution in [0.4, 0.5) is 0 Å². The Balaban J connectivity index is 1.71. The Hall–Kier alpha value is -2.76. The van der Waals surface area contributed by atoms with Gasteiger partial charge in [0.25, 0.3) is 0 Å². The Morgan fingerprint density at radius 1 is 1.13 bits per heavy atom. The van der Waals surface area contributed by atoms with Gasteiger partial charge >= 0.3 is 5.69 Å². The number of hydrogen-bond acceptors (Lipinski definition) is 3. The summed E-state index contributed by atoms with van der Waals surface area (Å²) in [5, 5.41) is 2.79. The summed E-state index contributed by atoms with van der Waals surface area (Å²) in [5.41, 5.74) is 1.68. The molecule has 1 aromatic carbocycles. The molecule has 0 saturated carbocycles. The number of benzene rings is 1. The lowest BCUT2D eigenvalue weighted by Crippen LogP contribution is -2.28. The summed E-state index contributed by atoms with van der Waals surface area (Å²) < 4.78 is 8.54. The van der Waals surface area contributed by atoms with Crippen molar-refractivity contribution in [3.8, 4) is 0 Å². The minimum absolute atomic E-state index is 0.0764. The highest BCUT2D eigenvalue weighted by atomic mass is 16.3. The van der Waals surface area contributed by atoms with Crippen molar-refractivity contribution in [3.05, 3.63) is 58.9 Å². The first-order valence-electron chi connectivity index (χ1n) is 7.68. The van der Waals surface area contributed by atoms with Gasteiger partial charge in [-0.1, -0.05) is 12.1 Å². The van der Waals surface area contributed by atoms with Crippen molar-refractivity contribution < 1.29 is 9.21 Å². The predicted octanol–water partition coefficient (Wildman–Crippen LogP) is 2.12. The van der Waals surface area contributed by atoms with Crippen LogP contribution in [0.5, 0.6) is 0 Å². The summed E-state index contributed by atoms with van der Waals surface area (Å²) in [5.74, 6) is 0.597. The van der Waals surface area contributed by atoms with Crippen molar-refractivity contribution in [3.63, 3.8) is 0 Å². The molecule has 1 amide bonds. The van der Waals surface area contributed by atoms with Gasteiger partial charge in [-0.05, 0) is 31.2 Å². The van der Waals surface area contributed by atoms with E-state index in [0.717, 1.165) is 11.0 Å². The number of hydrogen-bond donors (Lipinski definition) is 1. The first kappa shape index (κ1) is 15.1. The monoisotopic (exact) mass is 313 g/mol. The Bertz CT molecular complexity index is 859. The predicted molar refractivity (Wildman–Crippen MR) is 87.0 cm³/mol. The summed E-state index contributed by atoms with van der Waals surface area (Å²) in [6.45, 7) is 3.26. The molecule has 0 aliphatic carbocycles. The normalized spacial score (nSPS) is 11.0. The lowest BCUT2D eigenvalue weighted by molar-refractivity contribution is -0.121. The van der Waals surface area contributed by atoms with E-state index >= 15 is 0 Å². The van der Waals surface area contributed by atoms with Crippen LogP contribution in [0.2, 0.25) is 0 Å². The number of nitrogens with one attached hydrogen (secondary N) is 1. The molecule has 0 fully saturated rings. The van der Waals surface area contributed by atoms with Crippen LogP contribution in [0.3, 0.4) is 0 Å². The molecule has 23 heavy (non-hydrogen) atoms. The van der Waals surface area contributed by atoms with E-state index in [1.54, 1.807) is 27.5 Å². The van der Waals surface area contributed by atoms with E-state index in [9.17, 15) is 9.59 Å². The average Bonchev–Trinajstić information content (AvgIpc) is 3.17. The molecule has 0 radical (unpaired) electrons. The fraction of sp³-hybridized carbons (Fsp3) is 0.294. The van der Waals surface area contributed by atoms with E-state index in [-0.39, 0.29) is 18.0 Å². The second-order valence-electron chi connectivity index (χ2n) is 5.27. The third-order valence-electron chi connectivity index (χ3n) is 3.84. The Morgan fingerprint density at radius 3 is 2.52 bits per heavy atom. The SMILES string of the molecule is CCn1c(=O)n(CCC(=O)NCc2ccco2)c2ccccc21. The van der Waals surface area contributed by atoms with Gasteiger partial charge in [0, 0.05) is 19.5 Å². The van der Waals surface area contributed by atoms with Crippen molar-refractivity contribution in [2.45, 2.75) is 33.0 Å². The van der Waals surface area contributed by atoms with Crippen LogP contribution in [0.15, 0.2) is 51.9 Å². The number of carbonyl (C=O) groups is 1. The minimum atomic E-state index is -0.110. The molecular weight excluding hydrogens is 294 g/mol. The van der Waals surface area contributed by atoms with Crippen LogP contribution in [0, 0.1) is 0 Å². The second-order valence-corrected chi connectivity index (χ2v) is 5.27. The van der Waals surface area contributed by atoms with E-state index < -0.39 is 0 Å². The molecule has 1 N–H and O–H groups in total. The van der Waals surface area contributed by atoms with Crippen LogP contribution < -0.4 is 11.0 Å². The Labute approximate surface area is 133 Å². The van der Waals surface area contributed by atoms with Crippen molar-refractivity contribution >= 4 is 16.9 Å². The quantitative estimate of drug-likeness (QED) is 0.758. The summed E-state index contributed by atoms with van der Waals surface area (Å²) in [4.78, 5) is 24.4. The Kier molecular flexibility index (Phi) is 4.32. The summed E-state index contributed by atoms with van der Waals surface area (Å²) >= 11 is 0. The maximum atomic E-state index is 12.5. The van der Waals surface area contributed by atoms with Gasteiger partial charge in [0.2, 0.25) is 5.91 Å². The summed E-state index contributed by atoms with van der Waals surface area (Å²) in [6.07, 6.45) is 1.82. The van der Waals surface area contributed by atoms with E-state index in [1.807, 2.05) is 31.2 Å². The summed E-state index contributed by atoms with van der Waals surface area (Å²) in [7, 11) is 0. The zero-order valence-electron chi connectivity index (χ0n) is 13.0. The smallest absolute Gasteiger partial charge is 0.329 e. The van der Waals surface area contributed by atoms with E-state index in [2.05, 4.69) is 5.32 Å². The van der Waals surface area contributed by atoms with Gasteiger partial charge in [-0.2, -0.15) is 0 Å². The minimum Gasteiger partial charge on any atom is -0.467 e. The first-order chi connectivity index (χ1) is 11.2. The highest BCUT2D eigenvalue weighted by molar-refractivity contribution is 5.77. The highest BCUT2D eigenvalue weighted by Crippen LogP contribution is 2.13. The maximum absolute atomic E-state index is 12.5. The molecule has 0 aliphatic rings. The third kappa shape index (κ3) is 3.06. The van der Waals surface area contributed by atoms with Gasteiger partial charge in [0.1, 0.15) is 5.76 Å². The largest absolute Gasteiger partial charge is 0.467 e. The van der Waals surface area contributed by atoms with Crippen LogP contribution >= 0.6 is 0 Å². The molecule has 0 unspecified atom stereocenters. The van der Waals surface area contributed by atoms with Crippen molar-refractivity contribution in [2.75, 3.05) is 0 Å². The van der Waals surface area contributed by atoms with Gasteiger partial charge in [-0.25, -0.2) is 4.79 Å². The lowest BCUT2D eigenvalue weighted by atomic mass is 10.3. The molecule has 0 spiro atoms. The molecule has 0 aliphatic heterocycles. The molecule has 0 saturated heterocycles. The zero-order valence-corrected chi connectivity index (χ0v) is 13.0. The number of aryl methyl sites for hydroxylation is 2. The zero-order chi connectivity index (χ0) is 16.2. The summed E-state index contributed by atoms with van der Waals surface area (Å²) in [6, 6.07) is 11.2. The number of imidazole rings is 1. The molecule has 6 nitrogen and oxygen atoms in total. The van der Waals surface area contributed by atoms with Gasteiger partial charge in [-0.3, -0.25) is 13.9 Å². The number of rotatable bonds is 6. The molecule has 3 aromatic rings. The molecule has 2 heterocycles. The van der Waals surface area contributed by atoms with Crippen LogP contribution in [-0.2, 0) is 24.4 Å². The third-order valence-corrected chi connectivity index (χ3v) is 3.84. The molecule has 6 heteroatoms. The van der Waals surface area contributed by atoms with Gasteiger partial charge in [-0.15, -0.1) is 0 Å². The standard InChI is InChI=1S/C17H19N3O3/c1-2-19-14-7-3-4-8-15(14)20(17(19)22)10-9-16(21)18-12-13-6-5-11-23-13/h3-8,11H,2,9-10,12H2,1H3,(H,18,21). The van der Waals surface area contributed by atoms with Crippen molar-refractivity contribution in [2.24, 2.45) is 0 Å². The average molecular weight is 313 g/mol. The number of amides is 1. The first-order valence-corrected chi connectivity index (χ1v) is 7.68. The number of para-hydroxylation sites is 2. The fourth-order valence-corrected chi connectivity index (χ4v) is 2.69. The second kappa shape index (κ2) is 6.56. The van der Waals surface area contributed by atoms with Crippen molar-refractivity contribution in [1.82, 2.24) is 14.5 Å².